The van der Waals surface area contributed by atoms with Crippen LogP contribution < -0.4 is 5.11 Å². The number of carbonyl (C=O) groups is 1. The first-order valence-corrected chi connectivity index (χ1v) is 7.26. The number of hydrogen-bond donors (Lipinski definition) is 0. The zero-order chi connectivity index (χ0) is 15.8. The first kappa shape index (κ1) is 16.9. The van der Waals surface area contributed by atoms with Gasteiger partial charge in [-0.2, -0.15) is 0 Å². The van der Waals surface area contributed by atoms with E-state index in [1.54, 1.807) is 4.90 Å². The number of nitro benzene ring substituents is 1. The lowest BCUT2D eigenvalue weighted by Gasteiger charge is -2.24. The number of rotatable bonds is 8. The zero-order valence-electron chi connectivity index (χ0n) is 12.5. The van der Waals surface area contributed by atoms with Crippen LogP contribution in [0.3, 0.4) is 0 Å². The average molecular weight is 293 g/mol. The monoisotopic (exact) mass is 293 g/mol. The van der Waals surface area contributed by atoms with Crippen molar-refractivity contribution in [3.63, 3.8) is 0 Å². The topological polar surface area (TPSA) is 86.5 Å². The summed E-state index contributed by atoms with van der Waals surface area (Å²) in [6.07, 6.45) is 3.57. The van der Waals surface area contributed by atoms with Gasteiger partial charge in [0.25, 0.3) is 11.6 Å². The molecule has 0 N–H and O–H groups in total. The van der Waals surface area contributed by atoms with E-state index in [1.165, 1.54) is 0 Å². The van der Waals surface area contributed by atoms with Gasteiger partial charge in [-0.1, -0.05) is 38.5 Å². The largest absolute Gasteiger partial charge is 0.872 e. The molecule has 6 nitrogen and oxygen atoms in total. The number of amides is 1. The molecule has 0 aliphatic heterocycles. The highest BCUT2D eigenvalue weighted by Gasteiger charge is 2.18. The molecule has 0 spiro atoms. The molecule has 0 aliphatic rings. The number of non-ortho nitro benzene ring substituents is 1. The van der Waals surface area contributed by atoms with Crippen molar-refractivity contribution >= 4 is 11.6 Å². The molecular formula is C15H21N2O4-. The molecule has 1 rings (SSSR count). The Morgan fingerprint density at radius 1 is 1.19 bits per heavy atom. The number of nitro groups is 1. The minimum atomic E-state index is -0.599. The summed E-state index contributed by atoms with van der Waals surface area (Å²) in [5.74, 6) is -0.880. The van der Waals surface area contributed by atoms with E-state index in [2.05, 4.69) is 0 Å². The predicted molar refractivity (Wildman–Crippen MR) is 78.3 cm³/mol. The third-order valence-electron chi connectivity index (χ3n) is 3.25. The van der Waals surface area contributed by atoms with Crippen molar-refractivity contribution in [3.05, 3.63) is 33.9 Å². The summed E-state index contributed by atoms with van der Waals surface area (Å²) >= 11 is 0. The van der Waals surface area contributed by atoms with Crippen molar-refractivity contribution in [2.75, 3.05) is 13.1 Å². The van der Waals surface area contributed by atoms with Gasteiger partial charge in [0.2, 0.25) is 0 Å². The highest BCUT2D eigenvalue weighted by molar-refractivity contribution is 5.97. The molecule has 0 fully saturated rings. The van der Waals surface area contributed by atoms with Gasteiger partial charge in [0, 0.05) is 30.8 Å². The second-order valence-electron chi connectivity index (χ2n) is 4.94. The first-order chi connectivity index (χ1) is 10.0. The van der Waals surface area contributed by atoms with E-state index in [0.717, 1.165) is 43.9 Å². The summed E-state index contributed by atoms with van der Waals surface area (Å²) in [5.41, 5.74) is -0.347. The van der Waals surface area contributed by atoms with Crippen molar-refractivity contribution in [1.82, 2.24) is 4.90 Å². The van der Waals surface area contributed by atoms with Crippen LogP contribution in [0, 0.1) is 10.1 Å². The van der Waals surface area contributed by atoms with Gasteiger partial charge in [-0.05, 0) is 12.8 Å². The number of unbranched alkanes of at least 4 members (excludes halogenated alkanes) is 2. The molecule has 0 heterocycles. The number of nitrogens with zero attached hydrogens (tertiary/aromatic N) is 2. The molecule has 0 aliphatic carbocycles. The smallest absolute Gasteiger partial charge is 0.270 e. The van der Waals surface area contributed by atoms with E-state index < -0.39 is 16.6 Å². The Labute approximate surface area is 124 Å². The first-order valence-electron chi connectivity index (χ1n) is 7.26. The minimum absolute atomic E-state index is 0.114. The zero-order valence-corrected chi connectivity index (χ0v) is 12.5. The lowest BCUT2D eigenvalue weighted by molar-refractivity contribution is -0.385. The lowest BCUT2D eigenvalue weighted by Crippen LogP contribution is -2.33. The summed E-state index contributed by atoms with van der Waals surface area (Å²) in [6.45, 7) is 5.18. The van der Waals surface area contributed by atoms with Crippen LogP contribution in [0.1, 0.15) is 49.9 Å². The molecule has 1 amide bonds. The summed E-state index contributed by atoms with van der Waals surface area (Å²) in [6, 6.07) is 3.29. The van der Waals surface area contributed by atoms with Crippen molar-refractivity contribution in [1.29, 1.82) is 0 Å². The maximum Gasteiger partial charge on any atom is 0.270 e. The molecule has 0 bridgehead atoms. The van der Waals surface area contributed by atoms with Gasteiger partial charge in [0.05, 0.1) is 4.92 Å². The summed E-state index contributed by atoms with van der Waals surface area (Å²) in [7, 11) is 0. The van der Waals surface area contributed by atoms with Gasteiger partial charge >= 0.3 is 0 Å². The summed E-state index contributed by atoms with van der Waals surface area (Å²) in [4.78, 5) is 24.3. The van der Waals surface area contributed by atoms with Crippen molar-refractivity contribution in [2.24, 2.45) is 0 Å². The van der Waals surface area contributed by atoms with Gasteiger partial charge in [-0.25, -0.2) is 0 Å². The second kappa shape index (κ2) is 8.24. The molecule has 0 unspecified atom stereocenters. The van der Waals surface area contributed by atoms with Gasteiger partial charge in [0.1, 0.15) is 0 Å². The van der Waals surface area contributed by atoms with Crippen LogP contribution in [-0.4, -0.2) is 28.8 Å². The maximum absolute atomic E-state index is 12.5. The second-order valence-corrected chi connectivity index (χ2v) is 4.94. The van der Waals surface area contributed by atoms with E-state index in [4.69, 9.17) is 0 Å². The van der Waals surface area contributed by atoms with E-state index >= 15 is 0 Å². The van der Waals surface area contributed by atoms with Gasteiger partial charge in [-0.3, -0.25) is 14.9 Å². The molecule has 1 aromatic carbocycles. The molecule has 0 aromatic heterocycles. The SMILES string of the molecule is CCCCN(CCCC)C(=O)c1cc([N+](=O)[O-])ccc1[O-]. The Morgan fingerprint density at radius 3 is 2.24 bits per heavy atom. The Balaban J connectivity index is 3.00. The van der Waals surface area contributed by atoms with Crippen LogP contribution in [-0.2, 0) is 0 Å². The fourth-order valence-corrected chi connectivity index (χ4v) is 1.98. The average Bonchev–Trinajstić information content (AvgIpc) is 2.47. The lowest BCUT2D eigenvalue weighted by atomic mass is 10.1. The summed E-state index contributed by atoms with van der Waals surface area (Å²) < 4.78 is 0. The van der Waals surface area contributed by atoms with Crippen molar-refractivity contribution in [2.45, 2.75) is 39.5 Å². The number of carbonyl (C=O) groups excluding carboxylic acids is 1. The highest BCUT2D eigenvalue weighted by atomic mass is 16.6. The van der Waals surface area contributed by atoms with Crippen LogP contribution in [0.4, 0.5) is 5.69 Å². The molecule has 0 radical (unpaired) electrons. The molecule has 1 aromatic rings. The minimum Gasteiger partial charge on any atom is -0.872 e. The number of hydrogen-bond acceptors (Lipinski definition) is 4. The van der Waals surface area contributed by atoms with Gasteiger partial charge < -0.3 is 10.0 Å². The Morgan fingerprint density at radius 2 is 1.76 bits per heavy atom. The Bertz CT molecular complexity index is 494. The van der Waals surface area contributed by atoms with E-state index in [1.807, 2.05) is 13.8 Å². The molecule has 0 saturated carbocycles. The van der Waals surface area contributed by atoms with E-state index in [-0.39, 0.29) is 11.3 Å². The molecule has 116 valence electrons. The fourth-order valence-electron chi connectivity index (χ4n) is 1.98. The quantitative estimate of drug-likeness (QED) is 0.544. The third-order valence-corrected chi connectivity index (χ3v) is 3.25. The van der Waals surface area contributed by atoms with E-state index in [9.17, 15) is 20.0 Å². The Kier molecular flexibility index (Phi) is 6.65. The third kappa shape index (κ3) is 4.73. The maximum atomic E-state index is 12.5. The molecular weight excluding hydrogens is 272 g/mol. The van der Waals surface area contributed by atoms with Crippen LogP contribution in [0.5, 0.6) is 5.75 Å². The van der Waals surface area contributed by atoms with Gasteiger partial charge in [0.15, 0.2) is 0 Å². The number of benzene rings is 1. The van der Waals surface area contributed by atoms with Crippen molar-refractivity contribution < 1.29 is 14.8 Å². The standard InChI is InChI=1S/C15H22N2O4/c1-3-5-9-16(10-6-4-2)15(19)13-11-12(17(20)21)7-8-14(13)18/h7-8,11,18H,3-6,9-10H2,1-2H3/p-1. The van der Waals surface area contributed by atoms with Gasteiger partial charge in [-0.15, -0.1) is 0 Å². The molecule has 6 heteroatoms. The van der Waals surface area contributed by atoms with Crippen LogP contribution in [0.25, 0.3) is 0 Å². The normalized spacial score (nSPS) is 10.4. The summed E-state index contributed by atoms with van der Waals surface area (Å²) in [5, 5.41) is 22.6. The molecule has 0 saturated heterocycles. The molecule has 0 atom stereocenters. The van der Waals surface area contributed by atoms with Crippen LogP contribution in [0.15, 0.2) is 18.2 Å². The fraction of sp³-hybridized carbons (Fsp3) is 0.533. The Hall–Kier alpha value is -2.11. The molecule has 21 heavy (non-hydrogen) atoms. The van der Waals surface area contributed by atoms with E-state index in [0.29, 0.717) is 13.1 Å². The predicted octanol–water partition coefficient (Wildman–Crippen LogP) is 2.71. The van der Waals surface area contributed by atoms with Crippen LogP contribution >= 0.6 is 0 Å². The van der Waals surface area contributed by atoms with Crippen LogP contribution in [0.2, 0.25) is 0 Å². The van der Waals surface area contributed by atoms with Crippen molar-refractivity contribution in [3.8, 4) is 5.75 Å². The highest BCUT2D eigenvalue weighted by Crippen LogP contribution is 2.22.